The van der Waals surface area contributed by atoms with Gasteiger partial charge < -0.3 is 14.8 Å². The van der Waals surface area contributed by atoms with E-state index in [4.69, 9.17) is 21.1 Å². The molecule has 41 heavy (non-hydrogen) atoms. The van der Waals surface area contributed by atoms with Gasteiger partial charge >= 0.3 is 11.9 Å². The van der Waals surface area contributed by atoms with Crippen molar-refractivity contribution in [1.82, 2.24) is 4.90 Å². The van der Waals surface area contributed by atoms with E-state index >= 15 is 0 Å². The number of hydrogen-bond donors (Lipinski definition) is 1. The molecule has 9 nitrogen and oxygen atoms in total. The second kappa shape index (κ2) is 14.0. The van der Waals surface area contributed by atoms with Crippen molar-refractivity contribution in [3.05, 3.63) is 94.5 Å². The number of amidine groups is 1. The van der Waals surface area contributed by atoms with Crippen LogP contribution in [-0.2, 0) is 25.6 Å². The first-order valence-electron chi connectivity index (χ1n) is 12.9. The molecule has 11 heteroatoms. The average Bonchev–Trinajstić information content (AvgIpc) is 2.96. The number of nitrogens with one attached hydrogen (secondary N) is 1. The van der Waals surface area contributed by atoms with Gasteiger partial charge in [0.1, 0.15) is 5.25 Å². The fourth-order valence-corrected chi connectivity index (χ4v) is 5.12. The summed E-state index contributed by atoms with van der Waals surface area (Å²) in [4.78, 5) is 56.7. The Hall–Kier alpha value is -4.15. The van der Waals surface area contributed by atoms with Crippen LogP contribution in [0, 0.1) is 0 Å². The van der Waals surface area contributed by atoms with Gasteiger partial charge in [0, 0.05) is 17.1 Å². The van der Waals surface area contributed by atoms with Crippen LogP contribution < -0.4 is 5.32 Å². The number of rotatable bonds is 9. The van der Waals surface area contributed by atoms with E-state index in [1.807, 2.05) is 12.1 Å². The monoisotopic (exact) mass is 593 g/mol. The van der Waals surface area contributed by atoms with Crippen LogP contribution in [-0.4, -0.2) is 52.3 Å². The Morgan fingerprint density at radius 1 is 0.902 bits per heavy atom. The van der Waals surface area contributed by atoms with Gasteiger partial charge in [0.25, 0.3) is 0 Å². The third-order valence-electron chi connectivity index (χ3n) is 5.95. The van der Waals surface area contributed by atoms with Crippen LogP contribution in [0.1, 0.15) is 46.5 Å². The molecule has 1 saturated heterocycles. The van der Waals surface area contributed by atoms with Crippen LogP contribution >= 0.6 is 23.4 Å². The number of thioether (sulfide) groups is 1. The largest absolute Gasteiger partial charge is 0.462 e. The number of carbonyl (C=O) groups excluding carboxylic acids is 4. The zero-order valence-electron chi connectivity index (χ0n) is 22.5. The lowest BCUT2D eigenvalue weighted by Crippen LogP contribution is -2.44. The van der Waals surface area contributed by atoms with E-state index in [-0.39, 0.29) is 38.0 Å². The van der Waals surface area contributed by atoms with Crippen molar-refractivity contribution >= 4 is 63.7 Å². The molecule has 1 aliphatic rings. The minimum atomic E-state index is -0.744. The zero-order chi connectivity index (χ0) is 29.4. The number of esters is 2. The number of ether oxygens (including phenoxy) is 2. The number of aliphatic imine (C=N–C) groups is 1. The number of anilines is 1. The number of hydrogen-bond acceptors (Lipinski definition) is 8. The molecule has 1 fully saturated rings. The van der Waals surface area contributed by atoms with Gasteiger partial charge in [-0.3, -0.25) is 14.5 Å². The van der Waals surface area contributed by atoms with Crippen LogP contribution in [0.2, 0.25) is 5.02 Å². The van der Waals surface area contributed by atoms with Crippen molar-refractivity contribution in [2.45, 2.75) is 32.1 Å². The number of benzene rings is 3. The Morgan fingerprint density at radius 3 is 2.02 bits per heavy atom. The van der Waals surface area contributed by atoms with Gasteiger partial charge in [0.2, 0.25) is 11.8 Å². The van der Waals surface area contributed by atoms with Gasteiger partial charge in [-0.05, 0) is 80.1 Å². The van der Waals surface area contributed by atoms with E-state index < -0.39 is 17.2 Å². The number of carbonyl (C=O) groups is 4. The maximum Gasteiger partial charge on any atom is 0.338 e. The molecule has 0 radical (unpaired) electrons. The van der Waals surface area contributed by atoms with Gasteiger partial charge in [0.15, 0.2) is 5.17 Å². The van der Waals surface area contributed by atoms with Gasteiger partial charge in [0.05, 0.1) is 36.6 Å². The Morgan fingerprint density at radius 2 is 1.46 bits per heavy atom. The van der Waals surface area contributed by atoms with Crippen molar-refractivity contribution in [2.24, 2.45) is 4.99 Å². The Kier molecular flexibility index (Phi) is 10.2. The third-order valence-corrected chi connectivity index (χ3v) is 7.39. The first kappa shape index (κ1) is 29.8. The topological polar surface area (TPSA) is 114 Å². The number of halogens is 1. The smallest absolute Gasteiger partial charge is 0.338 e. The van der Waals surface area contributed by atoms with Crippen LogP contribution in [0.25, 0.3) is 0 Å². The summed E-state index contributed by atoms with van der Waals surface area (Å²) in [5, 5.41) is 2.99. The third kappa shape index (κ3) is 7.96. The van der Waals surface area contributed by atoms with Crippen molar-refractivity contribution in [3.63, 3.8) is 0 Å². The molecule has 2 amide bonds. The zero-order valence-corrected chi connectivity index (χ0v) is 24.0. The molecule has 0 aromatic heterocycles. The van der Waals surface area contributed by atoms with Crippen molar-refractivity contribution in [2.75, 3.05) is 18.5 Å². The molecule has 1 atom stereocenters. The summed E-state index contributed by atoms with van der Waals surface area (Å²) in [6, 6.07) is 20.0. The summed E-state index contributed by atoms with van der Waals surface area (Å²) >= 11 is 7.20. The summed E-state index contributed by atoms with van der Waals surface area (Å²) in [5.74, 6) is -1.52. The maximum absolute atomic E-state index is 13.3. The highest BCUT2D eigenvalue weighted by molar-refractivity contribution is 8.15. The summed E-state index contributed by atoms with van der Waals surface area (Å²) in [6.45, 7) is 4.23. The predicted molar refractivity (Wildman–Crippen MR) is 159 cm³/mol. The maximum atomic E-state index is 13.3. The molecule has 0 aliphatic carbocycles. The molecular weight excluding hydrogens is 566 g/mol. The minimum absolute atomic E-state index is 0.0359. The molecule has 3 aromatic rings. The van der Waals surface area contributed by atoms with Gasteiger partial charge in [-0.1, -0.05) is 35.5 Å². The lowest BCUT2D eigenvalue weighted by Gasteiger charge is -2.32. The predicted octanol–water partition coefficient (Wildman–Crippen LogP) is 5.85. The fraction of sp³-hybridized carbons (Fsp3) is 0.233. The van der Waals surface area contributed by atoms with E-state index in [0.717, 1.165) is 5.56 Å². The highest BCUT2D eigenvalue weighted by Gasteiger charge is 2.36. The fourth-order valence-electron chi connectivity index (χ4n) is 3.89. The molecule has 0 spiro atoms. The van der Waals surface area contributed by atoms with Crippen LogP contribution in [0.15, 0.2) is 77.8 Å². The molecule has 1 N–H and O–H groups in total. The average molecular weight is 594 g/mol. The standard InChI is InChI=1S/C30H28ClN3O6S/c1-3-39-28(37)20-7-13-23(14-8-20)32-27(36)25-17-26(35)34(18-19-5-11-22(31)12-6-19)30(41-25)33-24-15-9-21(10-16-24)29(38)40-4-2/h5-16,25H,3-4,17-18H2,1-2H3,(H,32,36)/t25-/m0/s1. The summed E-state index contributed by atoms with van der Waals surface area (Å²) < 4.78 is 10.0. The lowest BCUT2D eigenvalue weighted by molar-refractivity contribution is -0.129. The van der Waals surface area contributed by atoms with E-state index in [9.17, 15) is 19.2 Å². The Labute approximate surface area is 246 Å². The molecule has 4 rings (SSSR count). The summed E-state index contributed by atoms with van der Waals surface area (Å²) in [6.07, 6.45) is -0.0359. The highest BCUT2D eigenvalue weighted by atomic mass is 35.5. The molecule has 1 heterocycles. The lowest BCUT2D eigenvalue weighted by atomic mass is 10.2. The van der Waals surface area contributed by atoms with E-state index in [0.29, 0.717) is 32.7 Å². The Balaban J connectivity index is 1.55. The van der Waals surface area contributed by atoms with E-state index in [1.165, 1.54) is 16.7 Å². The normalized spacial score (nSPS) is 15.9. The first-order chi connectivity index (χ1) is 19.8. The summed E-state index contributed by atoms with van der Waals surface area (Å²) in [5.41, 5.74) is 2.58. The molecule has 1 aliphatic heterocycles. The highest BCUT2D eigenvalue weighted by Crippen LogP contribution is 2.31. The first-order valence-corrected chi connectivity index (χ1v) is 14.2. The van der Waals surface area contributed by atoms with Crippen LogP contribution in [0.3, 0.4) is 0 Å². The molecule has 3 aromatic carbocycles. The quantitative estimate of drug-likeness (QED) is 0.309. The molecule has 212 valence electrons. The van der Waals surface area contributed by atoms with Gasteiger partial charge in [-0.15, -0.1) is 0 Å². The molecular formula is C30H28ClN3O6S. The molecule has 0 unspecified atom stereocenters. The number of amides is 2. The van der Waals surface area contributed by atoms with Crippen LogP contribution in [0.4, 0.5) is 11.4 Å². The van der Waals surface area contributed by atoms with E-state index in [2.05, 4.69) is 10.3 Å². The second-order valence-corrected chi connectivity index (χ2v) is 10.5. The van der Waals surface area contributed by atoms with Gasteiger partial charge in [-0.25, -0.2) is 14.6 Å². The Bertz CT molecular complexity index is 1440. The second-order valence-electron chi connectivity index (χ2n) is 8.87. The minimum Gasteiger partial charge on any atom is -0.462 e. The molecule has 0 bridgehead atoms. The van der Waals surface area contributed by atoms with Crippen molar-refractivity contribution in [3.8, 4) is 0 Å². The SMILES string of the molecule is CCOC(=O)c1ccc(N=C2S[C@H](C(=O)Nc3ccc(C(=O)OCC)cc3)CC(=O)N2Cc2ccc(Cl)cc2)cc1. The van der Waals surface area contributed by atoms with Gasteiger partial charge in [-0.2, -0.15) is 0 Å². The van der Waals surface area contributed by atoms with Crippen LogP contribution in [0.5, 0.6) is 0 Å². The molecule has 0 saturated carbocycles. The number of nitrogens with zero attached hydrogens (tertiary/aromatic N) is 2. The van der Waals surface area contributed by atoms with Crippen molar-refractivity contribution in [1.29, 1.82) is 0 Å². The van der Waals surface area contributed by atoms with Crippen molar-refractivity contribution < 1.29 is 28.7 Å². The summed E-state index contributed by atoms with van der Waals surface area (Å²) in [7, 11) is 0. The van der Waals surface area contributed by atoms with E-state index in [1.54, 1.807) is 74.5 Å².